The molecule has 9 nitrogen and oxygen atoms in total. The molecule has 0 amide bonds. The second-order valence-corrected chi connectivity index (χ2v) is 16.4. The molecule has 0 bridgehead atoms. The summed E-state index contributed by atoms with van der Waals surface area (Å²) in [7, 11) is 3.47. The van der Waals surface area contributed by atoms with Crippen LogP contribution in [0.4, 0.5) is 22.0 Å². The van der Waals surface area contributed by atoms with E-state index in [0.717, 1.165) is 23.9 Å². The highest BCUT2D eigenvalue weighted by molar-refractivity contribution is 7.98. The zero-order valence-corrected chi connectivity index (χ0v) is 32.1. The van der Waals surface area contributed by atoms with Gasteiger partial charge in [0.1, 0.15) is 28.2 Å². The summed E-state index contributed by atoms with van der Waals surface area (Å²) in [6, 6.07) is 13.9. The van der Waals surface area contributed by atoms with Gasteiger partial charge in [-0.25, -0.2) is 26.9 Å². The Labute approximate surface area is 313 Å². The summed E-state index contributed by atoms with van der Waals surface area (Å²) in [6.45, 7) is 4.99. The molecule has 1 aromatic heterocycles. The predicted octanol–water partition coefficient (Wildman–Crippen LogP) is 6.76. The number of sulfonamides is 1. The molecule has 284 valence electrons. The number of aromatic nitrogens is 2. The number of methoxy groups -OCH3 is 1. The molecule has 0 saturated carbocycles. The molecule has 1 heterocycles. The van der Waals surface area contributed by atoms with Crippen molar-refractivity contribution in [2.45, 2.75) is 47.7 Å². The number of carbonyl (C=O) groups excluding carboxylic acids is 1. The molecule has 3 aromatic carbocycles. The maximum absolute atomic E-state index is 14.9. The molecule has 0 fully saturated rings. The van der Waals surface area contributed by atoms with Crippen LogP contribution in [-0.4, -0.2) is 75.9 Å². The van der Waals surface area contributed by atoms with Crippen molar-refractivity contribution in [2.24, 2.45) is 0 Å². The van der Waals surface area contributed by atoms with Gasteiger partial charge >= 0.3 is 6.18 Å². The van der Waals surface area contributed by atoms with E-state index in [4.69, 9.17) is 42.8 Å². The molecule has 0 aliphatic carbocycles. The summed E-state index contributed by atoms with van der Waals surface area (Å²) < 4.78 is 97.0. The van der Waals surface area contributed by atoms with Crippen LogP contribution >= 0.6 is 35.0 Å². The summed E-state index contributed by atoms with van der Waals surface area (Å²) in [5.74, 6) is -3.59. The number of hydrogen-bond donors (Lipinski definition) is 1. The molecule has 1 N–H and O–H groups in total. The fraction of sp³-hybridized carbons (Fsp3) is 0.353. The molecule has 0 radical (unpaired) electrons. The third-order valence-corrected chi connectivity index (χ3v) is 10.7. The van der Waals surface area contributed by atoms with Gasteiger partial charge in [-0.1, -0.05) is 54.9 Å². The smallest absolute Gasteiger partial charge is 0.430 e. The van der Waals surface area contributed by atoms with Crippen molar-refractivity contribution in [3.8, 4) is 11.4 Å². The van der Waals surface area contributed by atoms with Gasteiger partial charge in [-0.15, -0.1) is 0 Å². The number of nitrogens with zero attached hydrogens (tertiary/aromatic N) is 3. The van der Waals surface area contributed by atoms with Crippen molar-refractivity contribution in [1.82, 2.24) is 14.3 Å². The minimum atomic E-state index is -5.19. The van der Waals surface area contributed by atoms with Crippen LogP contribution in [0, 0.1) is 11.6 Å². The molecular formula is C34H37Cl2F5N4O5S2. The Morgan fingerprint density at radius 3 is 2.19 bits per heavy atom. The highest BCUT2D eigenvalue weighted by Gasteiger charge is 2.31. The van der Waals surface area contributed by atoms with Crippen LogP contribution in [0.1, 0.15) is 37.1 Å². The van der Waals surface area contributed by atoms with E-state index in [2.05, 4.69) is 4.72 Å². The monoisotopic (exact) mass is 810 g/mol. The standard InChI is InChI=1S/C32H37Cl2F2N4O3S2.C2HF3O2/c1-32(2,22-8-13-25(33)28(17-22)43-6)30-19-37-31(39(30)24-11-9-23(35)10-12-24)44-20-21-16-29(27(36)18-26(21)34)45(41,42)38-14-7-15-40(3,4)5;3-2(4,5)1(6)7/h8-13,16-19,38H,7,14-15,20H2,1-6H3;(H,6,7)/q+1;/p-1. The SMILES string of the molecule is COc1cc(C(C)(C)c2cnc(SCc3cc(S(=O)(=O)NCCC[N+](C)(C)C)c(F)cc3Cl)n2-c2ccc(F)cc2)ccc1Cl.O=C([O-])C(F)(F)F. The number of aliphatic carboxylic acids is 1. The number of benzene rings is 3. The summed E-state index contributed by atoms with van der Waals surface area (Å²) in [5, 5.41) is 9.91. The van der Waals surface area contributed by atoms with E-state index in [1.807, 2.05) is 51.7 Å². The van der Waals surface area contributed by atoms with Gasteiger partial charge < -0.3 is 19.1 Å². The topological polar surface area (TPSA) is 113 Å². The van der Waals surface area contributed by atoms with Gasteiger partial charge in [0.15, 0.2) is 5.16 Å². The van der Waals surface area contributed by atoms with Gasteiger partial charge in [-0.05, 0) is 59.7 Å². The molecule has 0 unspecified atom stereocenters. The van der Waals surface area contributed by atoms with Crippen LogP contribution in [0.15, 0.2) is 70.8 Å². The number of hydrogen-bond acceptors (Lipinski definition) is 7. The molecule has 0 spiro atoms. The number of carboxylic acid groups (broad SMARTS) is 1. The summed E-state index contributed by atoms with van der Waals surface area (Å²) in [5.41, 5.74) is 2.20. The second kappa shape index (κ2) is 17.2. The molecule has 0 aliphatic heterocycles. The molecule has 4 rings (SSSR count). The van der Waals surface area contributed by atoms with Crippen LogP contribution in [0.25, 0.3) is 5.69 Å². The van der Waals surface area contributed by atoms with Crippen molar-refractivity contribution in [1.29, 1.82) is 0 Å². The minimum Gasteiger partial charge on any atom is -0.542 e. The Balaban J connectivity index is 0.000000944. The number of carboxylic acids is 1. The second-order valence-electron chi connectivity index (χ2n) is 12.9. The largest absolute Gasteiger partial charge is 0.542 e. The number of rotatable bonds is 13. The van der Waals surface area contributed by atoms with Crippen molar-refractivity contribution in [2.75, 3.05) is 41.3 Å². The average Bonchev–Trinajstić information content (AvgIpc) is 3.47. The predicted molar refractivity (Wildman–Crippen MR) is 188 cm³/mol. The van der Waals surface area contributed by atoms with Gasteiger partial charge in [0.25, 0.3) is 0 Å². The van der Waals surface area contributed by atoms with E-state index < -0.39 is 38.3 Å². The first-order chi connectivity index (χ1) is 24.0. The number of ether oxygens (including phenoxy) is 1. The van der Waals surface area contributed by atoms with Gasteiger partial charge in [-0.3, -0.25) is 4.57 Å². The average molecular weight is 812 g/mol. The van der Waals surface area contributed by atoms with Crippen LogP contribution in [0.5, 0.6) is 5.75 Å². The van der Waals surface area contributed by atoms with E-state index in [-0.39, 0.29) is 23.1 Å². The third-order valence-electron chi connectivity index (χ3n) is 7.60. The summed E-state index contributed by atoms with van der Waals surface area (Å²) in [4.78, 5) is 13.0. The Morgan fingerprint density at radius 2 is 1.63 bits per heavy atom. The first-order valence-corrected chi connectivity index (χ1v) is 18.6. The van der Waals surface area contributed by atoms with Gasteiger partial charge in [0.2, 0.25) is 10.0 Å². The number of thioether (sulfide) groups is 1. The number of alkyl halides is 3. The van der Waals surface area contributed by atoms with E-state index >= 15 is 0 Å². The number of nitrogens with one attached hydrogen (secondary N) is 1. The fourth-order valence-electron chi connectivity index (χ4n) is 4.78. The van der Waals surface area contributed by atoms with Gasteiger partial charge in [0.05, 0.1) is 51.7 Å². The maximum atomic E-state index is 14.9. The van der Waals surface area contributed by atoms with E-state index in [1.165, 1.54) is 30.0 Å². The molecule has 18 heteroatoms. The molecule has 4 aromatic rings. The number of quaternary nitrogens is 1. The normalized spacial score (nSPS) is 12.3. The van der Waals surface area contributed by atoms with Gasteiger partial charge in [0, 0.05) is 34.8 Å². The quantitative estimate of drug-likeness (QED) is 0.0688. The zero-order chi connectivity index (χ0) is 39.2. The third kappa shape index (κ3) is 11.3. The number of carbonyl (C=O) groups is 1. The summed E-state index contributed by atoms with van der Waals surface area (Å²) in [6.07, 6.45) is -2.86. The lowest BCUT2D eigenvalue weighted by Gasteiger charge is -2.28. The van der Waals surface area contributed by atoms with Crippen LogP contribution in [-0.2, 0) is 26.0 Å². The summed E-state index contributed by atoms with van der Waals surface area (Å²) >= 11 is 14.0. The zero-order valence-electron chi connectivity index (χ0n) is 28.9. The van der Waals surface area contributed by atoms with Crippen molar-refractivity contribution in [3.05, 3.63) is 99.3 Å². The van der Waals surface area contributed by atoms with Crippen LogP contribution in [0.3, 0.4) is 0 Å². The maximum Gasteiger partial charge on any atom is 0.430 e. The minimum absolute atomic E-state index is 0.0951. The Kier molecular flexibility index (Phi) is 14.2. The molecule has 52 heavy (non-hydrogen) atoms. The van der Waals surface area contributed by atoms with E-state index in [0.29, 0.717) is 38.1 Å². The number of imidazole rings is 1. The van der Waals surface area contributed by atoms with Crippen LogP contribution in [0.2, 0.25) is 10.0 Å². The van der Waals surface area contributed by atoms with E-state index in [1.54, 1.807) is 31.5 Å². The Hall–Kier alpha value is -3.41. The first-order valence-electron chi connectivity index (χ1n) is 15.3. The molecular weight excluding hydrogens is 774 g/mol. The lowest BCUT2D eigenvalue weighted by Crippen LogP contribution is -2.37. The van der Waals surface area contributed by atoms with Crippen molar-refractivity contribution in [3.63, 3.8) is 0 Å². The molecule has 0 atom stereocenters. The van der Waals surface area contributed by atoms with Gasteiger partial charge in [-0.2, -0.15) is 13.2 Å². The number of halogens is 7. The van der Waals surface area contributed by atoms with Crippen molar-refractivity contribution >= 4 is 51.0 Å². The Morgan fingerprint density at radius 1 is 1.02 bits per heavy atom. The lowest BCUT2D eigenvalue weighted by atomic mass is 9.81. The van der Waals surface area contributed by atoms with Crippen molar-refractivity contribution < 1.29 is 49.5 Å². The fourth-order valence-corrected chi connectivity index (χ4v) is 7.44. The first kappa shape index (κ1) is 43.0. The van der Waals surface area contributed by atoms with Crippen LogP contribution < -0.4 is 14.6 Å². The highest BCUT2D eigenvalue weighted by Crippen LogP contribution is 2.40. The molecule has 0 saturated heterocycles. The van der Waals surface area contributed by atoms with E-state index in [9.17, 15) is 30.4 Å². The molecule has 0 aliphatic rings. The highest BCUT2D eigenvalue weighted by atomic mass is 35.5. The lowest BCUT2D eigenvalue weighted by molar-refractivity contribution is -0.870. The Bertz CT molecular complexity index is 1990.